The molecule has 1 aromatic rings. The minimum Gasteiger partial charge on any atom is -0.493 e. The molecule has 0 aromatic heterocycles. The van der Waals surface area contributed by atoms with E-state index in [2.05, 4.69) is 6.07 Å². The summed E-state index contributed by atoms with van der Waals surface area (Å²) in [6, 6.07) is 6.02. The maximum atomic E-state index is 6.21. The van der Waals surface area contributed by atoms with E-state index >= 15 is 0 Å². The van der Waals surface area contributed by atoms with Crippen LogP contribution in [-0.4, -0.2) is 26.4 Å². The van der Waals surface area contributed by atoms with Gasteiger partial charge >= 0.3 is 0 Å². The lowest BCUT2D eigenvalue weighted by molar-refractivity contribution is 0.00643. The van der Waals surface area contributed by atoms with Crippen LogP contribution in [0.5, 0.6) is 11.5 Å². The Kier molecular flexibility index (Phi) is 3.37. The summed E-state index contributed by atoms with van der Waals surface area (Å²) in [4.78, 5) is 0. The molecule has 2 fully saturated rings. The van der Waals surface area contributed by atoms with Gasteiger partial charge in [-0.2, -0.15) is 0 Å². The number of ether oxygens (including phenoxy) is 3. The molecule has 0 bridgehead atoms. The van der Waals surface area contributed by atoms with Gasteiger partial charge in [0.1, 0.15) is 6.10 Å². The molecule has 0 spiro atoms. The predicted octanol–water partition coefficient (Wildman–Crippen LogP) is 2.20. The van der Waals surface area contributed by atoms with Crippen LogP contribution in [0.25, 0.3) is 0 Å². The molecular formula is C15H21NO3. The van der Waals surface area contributed by atoms with Gasteiger partial charge in [-0.05, 0) is 43.4 Å². The average molecular weight is 263 g/mol. The van der Waals surface area contributed by atoms with Gasteiger partial charge in [-0.1, -0.05) is 6.07 Å². The molecule has 0 radical (unpaired) electrons. The van der Waals surface area contributed by atoms with Crippen molar-refractivity contribution in [1.82, 2.24) is 0 Å². The summed E-state index contributed by atoms with van der Waals surface area (Å²) in [5, 5.41) is 0. The van der Waals surface area contributed by atoms with Gasteiger partial charge in [0.25, 0.3) is 0 Å². The van der Waals surface area contributed by atoms with E-state index in [0.29, 0.717) is 6.61 Å². The summed E-state index contributed by atoms with van der Waals surface area (Å²) in [7, 11) is 1.67. The normalized spacial score (nSPS) is 24.8. The topological polar surface area (TPSA) is 53.7 Å². The van der Waals surface area contributed by atoms with Crippen molar-refractivity contribution in [3.05, 3.63) is 23.8 Å². The van der Waals surface area contributed by atoms with Crippen molar-refractivity contribution in [1.29, 1.82) is 0 Å². The Hall–Kier alpha value is -1.26. The van der Waals surface area contributed by atoms with Gasteiger partial charge in [-0.25, -0.2) is 0 Å². The maximum Gasteiger partial charge on any atom is 0.161 e. The molecular weight excluding hydrogens is 242 g/mol. The molecule has 1 aromatic carbocycles. The van der Waals surface area contributed by atoms with Gasteiger partial charge < -0.3 is 19.9 Å². The van der Waals surface area contributed by atoms with E-state index in [-0.39, 0.29) is 11.6 Å². The smallest absolute Gasteiger partial charge is 0.161 e. The van der Waals surface area contributed by atoms with Crippen LogP contribution in [0.1, 0.15) is 31.2 Å². The van der Waals surface area contributed by atoms with Crippen molar-refractivity contribution < 1.29 is 14.2 Å². The molecule has 1 saturated heterocycles. The summed E-state index contributed by atoms with van der Waals surface area (Å²) < 4.78 is 16.8. The largest absolute Gasteiger partial charge is 0.493 e. The second-order valence-electron chi connectivity index (χ2n) is 5.48. The van der Waals surface area contributed by atoms with E-state index in [1.807, 2.05) is 12.1 Å². The zero-order valence-electron chi connectivity index (χ0n) is 11.4. The van der Waals surface area contributed by atoms with E-state index in [0.717, 1.165) is 49.4 Å². The molecule has 1 aliphatic heterocycles. The Morgan fingerprint density at radius 1 is 1.32 bits per heavy atom. The molecule has 2 aliphatic rings. The molecule has 1 aliphatic carbocycles. The van der Waals surface area contributed by atoms with Crippen molar-refractivity contribution in [3.63, 3.8) is 0 Å². The van der Waals surface area contributed by atoms with Crippen LogP contribution in [0.15, 0.2) is 18.2 Å². The van der Waals surface area contributed by atoms with Crippen LogP contribution in [0, 0.1) is 0 Å². The number of methoxy groups -OCH3 is 1. The van der Waals surface area contributed by atoms with Crippen molar-refractivity contribution in [2.45, 2.75) is 37.3 Å². The van der Waals surface area contributed by atoms with Crippen LogP contribution >= 0.6 is 0 Å². The lowest BCUT2D eigenvalue weighted by Crippen LogP contribution is -2.28. The Bertz CT molecular complexity index is 451. The molecule has 1 atom stereocenters. The molecule has 19 heavy (non-hydrogen) atoms. The Balaban J connectivity index is 1.76. The summed E-state index contributed by atoms with van der Waals surface area (Å²) >= 11 is 0. The van der Waals surface area contributed by atoms with Gasteiger partial charge in [0.05, 0.1) is 13.7 Å². The molecule has 4 nitrogen and oxygen atoms in total. The summed E-state index contributed by atoms with van der Waals surface area (Å²) in [5.74, 6) is 1.55. The summed E-state index contributed by atoms with van der Waals surface area (Å²) in [6.45, 7) is 1.50. The number of rotatable bonds is 4. The molecule has 2 N–H and O–H groups in total. The monoisotopic (exact) mass is 263 g/mol. The first kappa shape index (κ1) is 12.8. The number of hydrogen-bond acceptors (Lipinski definition) is 4. The number of nitrogens with two attached hydrogens (primary N) is 1. The Morgan fingerprint density at radius 2 is 2.16 bits per heavy atom. The number of hydrogen-bond donors (Lipinski definition) is 1. The van der Waals surface area contributed by atoms with Crippen molar-refractivity contribution in [2.24, 2.45) is 5.73 Å². The maximum absolute atomic E-state index is 6.21. The van der Waals surface area contributed by atoms with Gasteiger partial charge in [0, 0.05) is 12.1 Å². The van der Waals surface area contributed by atoms with Gasteiger partial charge in [-0.15, -0.1) is 0 Å². The van der Waals surface area contributed by atoms with E-state index in [1.54, 1.807) is 7.11 Å². The quantitative estimate of drug-likeness (QED) is 0.904. The Labute approximate surface area is 113 Å². The first-order valence-corrected chi connectivity index (χ1v) is 6.93. The predicted molar refractivity (Wildman–Crippen MR) is 72.6 cm³/mol. The first-order valence-electron chi connectivity index (χ1n) is 6.93. The highest BCUT2D eigenvalue weighted by molar-refractivity contribution is 5.46. The summed E-state index contributed by atoms with van der Waals surface area (Å²) in [6.07, 6.45) is 4.31. The fourth-order valence-electron chi connectivity index (χ4n) is 2.48. The highest BCUT2D eigenvalue weighted by atomic mass is 16.5. The van der Waals surface area contributed by atoms with E-state index in [1.165, 1.54) is 0 Å². The third kappa shape index (κ3) is 2.69. The van der Waals surface area contributed by atoms with Gasteiger partial charge in [0.2, 0.25) is 0 Å². The second kappa shape index (κ2) is 5.02. The Morgan fingerprint density at radius 3 is 2.79 bits per heavy atom. The van der Waals surface area contributed by atoms with Crippen LogP contribution in [0.2, 0.25) is 0 Å². The number of benzene rings is 1. The summed E-state index contributed by atoms with van der Waals surface area (Å²) in [5.41, 5.74) is 7.21. The van der Waals surface area contributed by atoms with Gasteiger partial charge in [-0.3, -0.25) is 0 Å². The second-order valence-corrected chi connectivity index (χ2v) is 5.48. The average Bonchev–Trinajstić information content (AvgIpc) is 3.19. The van der Waals surface area contributed by atoms with Crippen LogP contribution in [0.3, 0.4) is 0 Å². The van der Waals surface area contributed by atoms with Gasteiger partial charge in [0.15, 0.2) is 11.5 Å². The zero-order chi connectivity index (χ0) is 13.3. The molecule has 1 saturated carbocycles. The fourth-order valence-corrected chi connectivity index (χ4v) is 2.48. The fraction of sp³-hybridized carbons (Fsp3) is 0.600. The van der Waals surface area contributed by atoms with Crippen LogP contribution in [-0.2, 0) is 10.3 Å². The van der Waals surface area contributed by atoms with E-state index in [9.17, 15) is 0 Å². The minimum absolute atomic E-state index is 0.126. The molecule has 1 heterocycles. The van der Waals surface area contributed by atoms with Crippen LogP contribution < -0.4 is 15.2 Å². The molecule has 0 amide bonds. The minimum atomic E-state index is -0.139. The standard InChI is InChI=1S/C15H21NO3/c1-17-14-9-11(15(16)6-7-15)4-5-13(14)19-12-3-2-8-18-10-12/h4-5,9,12H,2-3,6-8,10,16H2,1H3. The van der Waals surface area contributed by atoms with Crippen molar-refractivity contribution in [2.75, 3.05) is 20.3 Å². The van der Waals surface area contributed by atoms with E-state index in [4.69, 9.17) is 19.9 Å². The van der Waals surface area contributed by atoms with E-state index < -0.39 is 0 Å². The lowest BCUT2D eigenvalue weighted by Gasteiger charge is -2.24. The highest BCUT2D eigenvalue weighted by Gasteiger charge is 2.40. The first-order chi connectivity index (χ1) is 9.21. The molecule has 4 heteroatoms. The SMILES string of the molecule is COc1cc(C2(N)CC2)ccc1OC1CCCOC1. The third-order valence-electron chi connectivity index (χ3n) is 3.94. The third-order valence-corrected chi connectivity index (χ3v) is 3.94. The lowest BCUT2D eigenvalue weighted by atomic mass is 10.1. The highest BCUT2D eigenvalue weighted by Crippen LogP contribution is 2.45. The van der Waals surface area contributed by atoms with Crippen molar-refractivity contribution >= 4 is 0 Å². The zero-order valence-corrected chi connectivity index (χ0v) is 11.4. The molecule has 1 unspecified atom stereocenters. The van der Waals surface area contributed by atoms with Crippen molar-refractivity contribution in [3.8, 4) is 11.5 Å². The molecule has 104 valence electrons. The van der Waals surface area contributed by atoms with Crippen LogP contribution in [0.4, 0.5) is 0 Å². The molecule has 3 rings (SSSR count).